The van der Waals surface area contributed by atoms with Gasteiger partial charge in [0, 0.05) is 18.3 Å². The number of hydrogen-bond acceptors (Lipinski definition) is 21. The van der Waals surface area contributed by atoms with Crippen molar-refractivity contribution in [1.82, 2.24) is 0 Å². The Kier molecular flexibility index (Phi) is 16.3. The van der Waals surface area contributed by atoms with E-state index in [-0.39, 0.29) is 35.4 Å². The van der Waals surface area contributed by atoms with Crippen molar-refractivity contribution in [2.24, 2.45) is 46.3 Å². The Hall–Kier alpha value is -2.04. The number of allylic oxidation sites excluding steroid dienone is 1. The molecule has 9 aliphatic rings. The van der Waals surface area contributed by atoms with Crippen molar-refractivity contribution in [3.63, 3.8) is 0 Å². The summed E-state index contributed by atoms with van der Waals surface area (Å²) in [6, 6.07) is 0. The number of hydrogen-bond donors (Lipinski definition) is 11. The number of aliphatic hydroxyl groups excluding tert-OH is 9. The van der Waals surface area contributed by atoms with Gasteiger partial charge in [0.15, 0.2) is 24.7 Å². The number of ether oxygens (including phenoxy) is 9. The molecule has 5 aliphatic heterocycles. The third-order valence-corrected chi connectivity index (χ3v) is 19.1. The highest BCUT2D eigenvalue weighted by Gasteiger charge is 2.69. The first-order valence-electron chi connectivity index (χ1n) is 26.5. The van der Waals surface area contributed by atoms with Crippen LogP contribution in [0.1, 0.15) is 105 Å². The zero-order chi connectivity index (χ0) is 52.7. The summed E-state index contributed by atoms with van der Waals surface area (Å²) in [4.78, 5) is 23.5. The van der Waals surface area contributed by atoms with E-state index in [1.54, 1.807) is 0 Å². The zero-order valence-corrected chi connectivity index (χ0v) is 42.4. The summed E-state index contributed by atoms with van der Waals surface area (Å²) in [7, 11) is 0. The second-order valence-corrected chi connectivity index (χ2v) is 23.8. The molecule has 416 valence electrons. The summed E-state index contributed by atoms with van der Waals surface area (Å²) in [6.45, 7) is 8.84. The molecule has 5 saturated heterocycles. The lowest BCUT2D eigenvalue weighted by Gasteiger charge is -2.59. The summed E-state index contributed by atoms with van der Waals surface area (Å²) in [6.07, 6.45) is -15.5. The molecule has 1 spiro atoms. The minimum absolute atomic E-state index is 0.0241. The highest BCUT2D eigenvalue weighted by molar-refractivity contribution is 5.73. The minimum atomic E-state index is -1.87. The second-order valence-electron chi connectivity index (χ2n) is 23.8. The van der Waals surface area contributed by atoms with Crippen molar-refractivity contribution in [3.8, 4) is 0 Å². The lowest BCUT2D eigenvalue weighted by Crippen LogP contribution is -2.67. The van der Waals surface area contributed by atoms with Gasteiger partial charge in [-0.25, -0.2) is 0 Å². The Morgan fingerprint density at radius 3 is 2.08 bits per heavy atom. The topological polar surface area (TPSA) is 340 Å². The van der Waals surface area contributed by atoms with Crippen molar-refractivity contribution >= 4 is 11.9 Å². The fraction of sp³-hybridized carbons (Fsp3) is 0.922. The van der Waals surface area contributed by atoms with Crippen LogP contribution in [-0.4, -0.2) is 210 Å². The van der Waals surface area contributed by atoms with Crippen molar-refractivity contribution in [2.75, 3.05) is 26.4 Å². The molecule has 3 saturated carbocycles. The first-order chi connectivity index (χ1) is 34.4. The van der Waals surface area contributed by atoms with Gasteiger partial charge < -0.3 is 98.8 Å². The van der Waals surface area contributed by atoms with Crippen molar-refractivity contribution < 1.29 is 108 Å². The fourth-order valence-corrected chi connectivity index (χ4v) is 15.0. The highest BCUT2D eigenvalue weighted by atomic mass is 16.8. The molecular weight excluding hydrogens is 965 g/mol. The normalized spacial score (nSPS) is 51.5. The predicted molar refractivity (Wildman–Crippen MR) is 247 cm³/mol. The maximum atomic E-state index is 12.5. The standard InChI is InChI=1S/C51H80O22/c1-22-35-30(73-51(22)13-8-24(21-66-51)20-65-34(56)17-48(3,64)16-33(54)55)15-29-27-7-6-25-14-26(9-11-49(25,4)28(27)10-12-50(29,35)5)68-47-44(72-45-41(62)39(60)36(57)23(2)67-45)43(38(59)32(19-53)70-47)71-46-42(63)40(61)37(58)31(18-52)69-46/h6,22-24,26-32,35-47,52-53,57-64H,7-21H2,1-5H3,(H,54,55). The monoisotopic (exact) mass is 1040 g/mol. The van der Waals surface area contributed by atoms with Crippen LogP contribution in [0.3, 0.4) is 0 Å². The van der Waals surface area contributed by atoms with Gasteiger partial charge in [0.1, 0.15) is 67.1 Å². The third-order valence-electron chi connectivity index (χ3n) is 19.1. The number of fused-ring (bicyclic) bond motifs is 7. The number of carboxylic acids is 1. The maximum absolute atomic E-state index is 12.5. The van der Waals surface area contributed by atoms with E-state index < -0.39 is 148 Å². The van der Waals surface area contributed by atoms with Crippen LogP contribution in [0.5, 0.6) is 0 Å². The number of aliphatic carboxylic acids is 1. The summed E-state index contributed by atoms with van der Waals surface area (Å²) >= 11 is 0. The molecule has 5 heterocycles. The molecule has 0 aromatic carbocycles. The molecule has 8 fully saturated rings. The van der Waals surface area contributed by atoms with Crippen molar-refractivity contribution in [3.05, 3.63) is 11.6 Å². The van der Waals surface area contributed by atoms with Crippen LogP contribution in [-0.2, 0) is 52.2 Å². The molecule has 73 heavy (non-hydrogen) atoms. The van der Waals surface area contributed by atoms with Gasteiger partial charge >= 0.3 is 11.9 Å². The van der Waals surface area contributed by atoms with Crippen LogP contribution < -0.4 is 0 Å². The van der Waals surface area contributed by atoms with E-state index in [9.17, 15) is 60.7 Å². The van der Waals surface area contributed by atoms with Crippen molar-refractivity contribution in [2.45, 2.75) is 221 Å². The van der Waals surface area contributed by atoms with Gasteiger partial charge in [-0.3, -0.25) is 9.59 Å². The van der Waals surface area contributed by atoms with Crippen LogP contribution in [0.2, 0.25) is 0 Å². The SMILES string of the molecule is CC1OC(OC2C(OC3CCC4(C)C(=CCC5C4CCC4(C)C5CC5OC6(CCC(COC(=O)CC(C)(O)CC(=O)O)CO6)C(C)C54)C3)OC(CO)C(O)C2OC2OC(CO)C(O)C(O)C2O)C(O)C(O)C1O. The average molecular weight is 1050 g/mol. The molecular formula is C51H80O22. The van der Waals surface area contributed by atoms with Crippen LogP contribution in [0.15, 0.2) is 11.6 Å². The molecule has 27 atom stereocenters. The number of carbonyl (C=O) groups is 2. The van der Waals surface area contributed by atoms with Gasteiger partial charge in [0.2, 0.25) is 0 Å². The largest absolute Gasteiger partial charge is 0.481 e. The Labute approximate surface area is 424 Å². The van der Waals surface area contributed by atoms with E-state index in [1.165, 1.54) is 19.4 Å². The molecule has 4 aliphatic carbocycles. The van der Waals surface area contributed by atoms with E-state index in [1.807, 2.05) is 0 Å². The lowest BCUT2D eigenvalue weighted by molar-refractivity contribution is -0.394. The molecule has 27 unspecified atom stereocenters. The highest BCUT2D eigenvalue weighted by Crippen LogP contribution is 2.71. The zero-order valence-electron chi connectivity index (χ0n) is 42.4. The number of carbonyl (C=O) groups excluding carboxylic acids is 1. The predicted octanol–water partition coefficient (Wildman–Crippen LogP) is -0.647. The Morgan fingerprint density at radius 2 is 1.41 bits per heavy atom. The van der Waals surface area contributed by atoms with Gasteiger partial charge in [-0.15, -0.1) is 0 Å². The van der Waals surface area contributed by atoms with E-state index >= 15 is 0 Å². The molecule has 0 aromatic heterocycles. The van der Waals surface area contributed by atoms with Gasteiger partial charge in [-0.2, -0.15) is 0 Å². The first kappa shape index (κ1) is 55.7. The molecule has 11 N–H and O–H groups in total. The molecule has 0 radical (unpaired) electrons. The minimum Gasteiger partial charge on any atom is -0.481 e. The quantitative estimate of drug-likeness (QED) is 0.0761. The number of esters is 1. The molecule has 0 bridgehead atoms. The first-order valence-corrected chi connectivity index (χ1v) is 26.5. The van der Waals surface area contributed by atoms with E-state index in [0.717, 1.165) is 38.5 Å². The van der Waals surface area contributed by atoms with Crippen LogP contribution >= 0.6 is 0 Å². The molecule has 0 aromatic rings. The number of carboxylic acid groups (broad SMARTS) is 1. The van der Waals surface area contributed by atoms with Crippen LogP contribution in [0.4, 0.5) is 0 Å². The van der Waals surface area contributed by atoms with E-state index in [2.05, 4.69) is 26.8 Å². The molecule has 22 nitrogen and oxygen atoms in total. The summed E-state index contributed by atoms with van der Waals surface area (Å²) in [5.41, 5.74) is -0.554. The summed E-state index contributed by atoms with van der Waals surface area (Å²) < 4.78 is 55.8. The van der Waals surface area contributed by atoms with Gasteiger partial charge in [-0.1, -0.05) is 32.4 Å². The summed E-state index contributed by atoms with van der Waals surface area (Å²) in [5.74, 6) is -0.952. The Morgan fingerprint density at radius 1 is 0.753 bits per heavy atom. The maximum Gasteiger partial charge on any atom is 0.308 e. The lowest BCUT2D eigenvalue weighted by atomic mass is 9.47. The Balaban J connectivity index is 0.866. The smallest absolute Gasteiger partial charge is 0.308 e. The number of rotatable bonds is 14. The molecule has 22 heteroatoms. The van der Waals surface area contributed by atoms with Gasteiger partial charge in [0.25, 0.3) is 0 Å². The molecule has 0 amide bonds. The summed E-state index contributed by atoms with van der Waals surface area (Å²) in [5, 5.41) is 115. The average Bonchev–Trinajstić information content (AvgIpc) is 3.79. The second kappa shape index (κ2) is 21.3. The van der Waals surface area contributed by atoms with E-state index in [0.29, 0.717) is 49.5 Å². The van der Waals surface area contributed by atoms with Crippen LogP contribution in [0, 0.1) is 46.3 Å². The fourth-order valence-electron chi connectivity index (χ4n) is 15.0. The van der Waals surface area contributed by atoms with Crippen LogP contribution in [0.25, 0.3) is 0 Å². The molecule has 9 rings (SSSR count). The van der Waals surface area contributed by atoms with Gasteiger partial charge in [-0.05, 0) is 99.7 Å². The number of aliphatic hydroxyl groups is 10. The van der Waals surface area contributed by atoms with E-state index in [4.69, 9.17) is 47.7 Å². The Bertz CT molecular complexity index is 1980. The van der Waals surface area contributed by atoms with Crippen molar-refractivity contribution in [1.29, 1.82) is 0 Å². The third kappa shape index (κ3) is 10.3. The van der Waals surface area contributed by atoms with Gasteiger partial charge in [0.05, 0.1) is 63.2 Å².